The summed E-state index contributed by atoms with van der Waals surface area (Å²) in [5.41, 5.74) is 0.765. The van der Waals surface area contributed by atoms with Crippen molar-refractivity contribution in [2.75, 3.05) is 5.75 Å². The Morgan fingerprint density at radius 3 is 2.30 bits per heavy atom. The van der Waals surface area contributed by atoms with Crippen molar-refractivity contribution in [3.05, 3.63) is 0 Å². The molecule has 0 amide bonds. The van der Waals surface area contributed by atoms with Gasteiger partial charge in [-0.1, -0.05) is 0 Å². The Kier molecular flexibility index (Phi) is 4.11. The standard InChI is InChI=1S/C6H11NO2S/c1-4(2)7-5(3-10)6(8)9/h5,10H,3H2,1-2H3,(H,8,9)/t5-/m0/s1. The molecule has 0 saturated carbocycles. The van der Waals surface area contributed by atoms with Gasteiger partial charge in [0.15, 0.2) is 6.04 Å². The number of carbonyl (C=O) groups is 1. The van der Waals surface area contributed by atoms with Crippen LogP contribution in [0.4, 0.5) is 0 Å². The average molecular weight is 161 g/mol. The molecule has 0 heterocycles. The molecule has 0 aromatic rings. The largest absolute Gasteiger partial charge is 0.480 e. The van der Waals surface area contributed by atoms with E-state index in [1.807, 2.05) is 0 Å². The molecule has 0 fully saturated rings. The van der Waals surface area contributed by atoms with Gasteiger partial charge in [0, 0.05) is 11.5 Å². The second-order valence-electron chi connectivity index (χ2n) is 2.11. The minimum atomic E-state index is -0.920. The Morgan fingerprint density at radius 2 is 2.20 bits per heavy atom. The van der Waals surface area contributed by atoms with Gasteiger partial charge in [0.1, 0.15) is 0 Å². The number of hydrogen-bond donors (Lipinski definition) is 2. The maximum absolute atomic E-state index is 10.3. The van der Waals surface area contributed by atoms with E-state index in [1.165, 1.54) is 0 Å². The van der Waals surface area contributed by atoms with Crippen molar-refractivity contribution in [2.45, 2.75) is 19.9 Å². The summed E-state index contributed by atoms with van der Waals surface area (Å²) < 4.78 is 0. The van der Waals surface area contributed by atoms with E-state index in [2.05, 4.69) is 17.6 Å². The topological polar surface area (TPSA) is 49.7 Å². The van der Waals surface area contributed by atoms with E-state index in [0.717, 1.165) is 5.71 Å². The Morgan fingerprint density at radius 1 is 1.70 bits per heavy atom. The van der Waals surface area contributed by atoms with Crippen molar-refractivity contribution < 1.29 is 9.90 Å². The zero-order chi connectivity index (χ0) is 8.15. The number of nitrogens with zero attached hydrogens (tertiary/aromatic N) is 1. The van der Waals surface area contributed by atoms with Gasteiger partial charge in [-0.05, 0) is 13.8 Å². The molecule has 58 valence electrons. The molecule has 0 spiro atoms. The third-order valence-corrected chi connectivity index (χ3v) is 1.22. The summed E-state index contributed by atoms with van der Waals surface area (Å²) in [6.07, 6.45) is 0. The lowest BCUT2D eigenvalue weighted by atomic mass is 10.3. The molecular weight excluding hydrogens is 150 g/mol. The summed E-state index contributed by atoms with van der Waals surface area (Å²) in [5.74, 6) is -0.670. The van der Waals surface area contributed by atoms with Crippen LogP contribution in [0.3, 0.4) is 0 Å². The highest BCUT2D eigenvalue weighted by molar-refractivity contribution is 7.80. The highest BCUT2D eigenvalue weighted by atomic mass is 32.1. The fourth-order valence-corrected chi connectivity index (χ4v) is 0.724. The highest BCUT2D eigenvalue weighted by Crippen LogP contribution is 1.95. The predicted molar refractivity (Wildman–Crippen MR) is 44.1 cm³/mol. The summed E-state index contributed by atoms with van der Waals surface area (Å²) in [4.78, 5) is 14.1. The van der Waals surface area contributed by atoms with Crippen LogP contribution in [0.25, 0.3) is 0 Å². The molecule has 0 aliphatic rings. The second kappa shape index (κ2) is 4.33. The molecule has 0 aliphatic carbocycles. The van der Waals surface area contributed by atoms with Crippen LogP contribution < -0.4 is 0 Å². The van der Waals surface area contributed by atoms with Crippen molar-refractivity contribution in [3.63, 3.8) is 0 Å². The van der Waals surface area contributed by atoms with Crippen molar-refractivity contribution in [1.82, 2.24) is 0 Å². The van der Waals surface area contributed by atoms with E-state index in [4.69, 9.17) is 5.11 Å². The van der Waals surface area contributed by atoms with Crippen molar-refractivity contribution in [1.29, 1.82) is 0 Å². The SMILES string of the molecule is CC(C)=N[C@@H](CS)C(=O)O. The molecule has 0 bridgehead atoms. The van der Waals surface area contributed by atoms with Crippen molar-refractivity contribution in [2.24, 2.45) is 4.99 Å². The van der Waals surface area contributed by atoms with E-state index >= 15 is 0 Å². The van der Waals surface area contributed by atoms with Crippen LogP contribution in [0.1, 0.15) is 13.8 Å². The van der Waals surface area contributed by atoms with Crippen LogP contribution in [-0.2, 0) is 4.79 Å². The summed E-state index contributed by atoms with van der Waals surface area (Å²) in [5, 5.41) is 8.47. The summed E-state index contributed by atoms with van der Waals surface area (Å²) >= 11 is 3.84. The van der Waals surface area contributed by atoms with E-state index in [0.29, 0.717) is 0 Å². The van der Waals surface area contributed by atoms with Gasteiger partial charge in [0.25, 0.3) is 0 Å². The molecule has 0 radical (unpaired) electrons. The molecule has 0 aromatic heterocycles. The fourth-order valence-electron chi connectivity index (χ4n) is 0.486. The molecule has 1 N–H and O–H groups in total. The Bertz CT molecular complexity index is 152. The van der Waals surface area contributed by atoms with Crippen molar-refractivity contribution in [3.8, 4) is 0 Å². The predicted octanol–water partition coefficient (Wildman–Crippen LogP) is 0.850. The quantitative estimate of drug-likeness (QED) is 0.476. The third-order valence-electron chi connectivity index (χ3n) is 0.872. The molecule has 4 heteroatoms. The van der Waals surface area contributed by atoms with Crippen LogP contribution in [0.2, 0.25) is 0 Å². The Balaban J connectivity index is 4.09. The lowest BCUT2D eigenvalue weighted by molar-refractivity contribution is -0.137. The number of rotatable bonds is 3. The number of carboxylic acids is 1. The molecule has 0 rings (SSSR count). The lowest BCUT2D eigenvalue weighted by Gasteiger charge is -2.02. The fraction of sp³-hybridized carbons (Fsp3) is 0.667. The first-order valence-corrected chi connectivity index (χ1v) is 3.56. The minimum Gasteiger partial charge on any atom is -0.480 e. The van der Waals surface area contributed by atoms with Gasteiger partial charge in [-0.15, -0.1) is 0 Å². The maximum Gasteiger partial charge on any atom is 0.329 e. The van der Waals surface area contributed by atoms with Crippen LogP contribution in [-0.4, -0.2) is 28.6 Å². The number of carboxylic acid groups (broad SMARTS) is 1. The first-order valence-electron chi connectivity index (χ1n) is 2.92. The normalized spacial score (nSPS) is 12.3. The van der Waals surface area contributed by atoms with Gasteiger partial charge in [0.2, 0.25) is 0 Å². The smallest absolute Gasteiger partial charge is 0.329 e. The number of aliphatic imine (C=N–C) groups is 1. The molecule has 0 aliphatic heterocycles. The van der Waals surface area contributed by atoms with E-state index in [-0.39, 0.29) is 5.75 Å². The van der Waals surface area contributed by atoms with Crippen LogP contribution in [0.15, 0.2) is 4.99 Å². The molecule has 0 saturated heterocycles. The second-order valence-corrected chi connectivity index (χ2v) is 2.48. The Labute approximate surface area is 65.6 Å². The number of thiol groups is 1. The average Bonchev–Trinajstić information content (AvgIpc) is 1.81. The molecular formula is C6H11NO2S. The summed E-state index contributed by atoms with van der Waals surface area (Å²) in [7, 11) is 0. The molecule has 0 unspecified atom stereocenters. The summed E-state index contributed by atoms with van der Waals surface area (Å²) in [6, 6.07) is -0.687. The van der Waals surface area contributed by atoms with Gasteiger partial charge < -0.3 is 5.11 Å². The molecule has 1 atom stereocenters. The van der Waals surface area contributed by atoms with Crippen molar-refractivity contribution >= 4 is 24.3 Å². The maximum atomic E-state index is 10.3. The molecule has 3 nitrogen and oxygen atoms in total. The highest BCUT2D eigenvalue weighted by Gasteiger charge is 2.12. The van der Waals surface area contributed by atoms with Gasteiger partial charge in [-0.25, -0.2) is 4.79 Å². The van der Waals surface area contributed by atoms with Gasteiger partial charge in [0.05, 0.1) is 0 Å². The van der Waals surface area contributed by atoms with Crippen LogP contribution in [0.5, 0.6) is 0 Å². The zero-order valence-electron chi connectivity index (χ0n) is 6.03. The third kappa shape index (κ3) is 3.50. The summed E-state index contributed by atoms with van der Waals surface area (Å²) in [6.45, 7) is 3.53. The zero-order valence-corrected chi connectivity index (χ0v) is 6.93. The van der Waals surface area contributed by atoms with Crippen LogP contribution in [0, 0.1) is 0 Å². The van der Waals surface area contributed by atoms with E-state index in [9.17, 15) is 4.79 Å². The monoisotopic (exact) mass is 161 g/mol. The first-order chi connectivity index (χ1) is 4.57. The Hall–Kier alpha value is -0.510. The van der Waals surface area contributed by atoms with Gasteiger partial charge >= 0.3 is 5.97 Å². The number of aliphatic carboxylic acids is 1. The first kappa shape index (κ1) is 9.49. The number of hydrogen-bond acceptors (Lipinski definition) is 3. The van der Waals surface area contributed by atoms with Gasteiger partial charge in [-0.3, -0.25) is 4.99 Å². The minimum absolute atomic E-state index is 0.251. The van der Waals surface area contributed by atoms with Crippen LogP contribution >= 0.6 is 12.6 Å². The molecule has 0 aromatic carbocycles. The lowest BCUT2D eigenvalue weighted by Crippen LogP contribution is -2.20. The van der Waals surface area contributed by atoms with E-state index in [1.54, 1.807) is 13.8 Å². The molecule has 10 heavy (non-hydrogen) atoms. The van der Waals surface area contributed by atoms with E-state index < -0.39 is 12.0 Å². The van der Waals surface area contributed by atoms with Gasteiger partial charge in [-0.2, -0.15) is 12.6 Å².